The van der Waals surface area contributed by atoms with E-state index in [2.05, 4.69) is 4.72 Å². The Balaban J connectivity index is 1.69. The summed E-state index contributed by atoms with van der Waals surface area (Å²) in [5.74, 6) is 0.277. The van der Waals surface area contributed by atoms with Crippen LogP contribution in [-0.4, -0.2) is 39.2 Å². The van der Waals surface area contributed by atoms with Crippen LogP contribution in [0.4, 0.5) is 4.39 Å². The minimum absolute atomic E-state index is 0.116. The summed E-state index contributed by atoms with van der Waals surface area (Å²) in [4.78, 5) is 0. The van der Waals surface area contributed by atoms with Crippen LogP contribution in [0.3, 0.4) is 0 Å². The standard InChI is InChI=1S/C14H20FNO3S2/c15-13-3-1-12(2-4-13)11-21(17,18)16-7-10-20-14-5-8-19-9-6-14/h1-4,14,16H,5-11H2. The molecule has 1 fully saturated rings. The van der Waals surface area contributed by atoms with Gasteiger partial charge in [-0.25, -0.2) is 17.5 Å². The third-order valence-corrected chi connectivity index (χ3v) is 5.96. The quantitative estimate of drug-likeness (QED) is 0.777. The van der Waals surface area contributed by atoms with E-state index >= 15 is 0 Å². The van der Waals surface area contributed by atoms with Crippen molar-refractivity contribution in [3.63, 3.8) is 0 Å². The van der Waals surface area contributed by atoms with Gasteiger partial charge in [-0.3, -0.25) is 0 Å². The van der Waals surface area contributed by atoms with Crippen molar-refractivity contribution in [1.82, 2.24) is 4.72 Å². The Morgan fingerprint density at radius 3 is 2.57 bits per heavy atom. The molecule has 7 heteroatoms. The zero-order chi connectivity index (χ0) is 15.1. The smallest absolute Gasteiger partial charge is 0.215 e. The largest absolute Gasteiger partial charge is 0.381 e. The highest BCUT2D eigenvalue weighted by Crippen LogP contribution is 2.21. The van der Waals surface area contributed by atoms with Gasteiger partial charge in [-0.1, -0.05) is 12.1 Å². The summed E-state index contributed by atoms with van der Waals surface area (Å²) < 4.78 is 44.4. The number of sulfonamides is 1. The first kappa shape index (κ1) is 16.7. The normalized spacial score (nSPS) is 17.0. The summed E-state index contributed by atoms with van der Waals surface area (Å²) in [6.45, 7) is 2.02. The first-order valence-corrected chi connectivity index (χ1v) is 9.66. The lowest BCUT2D eigenvalue weighted by atomic mass is 10.2. The Hall–Kier alpha value is -0.630. The third kappa shape index (κ3) is 6.34. The molecule has 0 spiro atoms. The number of nitrogens with one attached hydrogen (secondary N) is 1. The van der Waals surface area contributed by atoms with Gasteiger partial charge >= 0.3 is 0 Å². The van der Waals surface area contributed by atoms with E-state index in [1.54, 1.807) is 11.8 Å². The minimum atomic E-state index is -3.36. The lowest BCUT2D eigenvalue weighted by Gasteiger charge is -2.21. The van der Waals surface area contributed by atoms with Crippen molar-refractivity contribution in [3.8, 4) is 0 Å². The molecule has 0 atom stereocenters. The Bertz CT molecular complexity index is 528. The van der Waals surface area contributed by atoms with Gasteiger partial charge < -0.3 is 4.74 Å². The van der Waals surface area contributed by atoms with E-state index in [1.807, 2.05) is 0 Å². The highest BCUT2D eigenvalue weighted by molar-refractivity contribution is 8.00. The Morgan fingerprint density at radius 2 is 1.90 bits per heavy atom. The SMILES string of the molecule is O=S(=O)(Cc1ccc(F)cc1)NCCSC1CCOCC1. The molecule has 0 saturated carbocycles. The van der Waals surface area contributed by atoms with Gasteiger partial charge in [0, 0.05) is 30.8 Å². The fourth-order valence-electron chi connectivity index (χ4n) is 2.12. The molecule has 0 aliphatic carbocycles. The van der Waals surface area contributed by atoms with E-state index in [4.69, 9.17) is 4.74 Å². The van der Waals surface area contributed by atoms with Gasteiger partial charge in [0.05, 0.1) is 5.75 Å². The molecule has 1 heterocycles. The molecule has 0 bridgehead atoms. The molecule has 1 aromatic carbocycles. The van der Waals surface area contributed by atoms with Gasteiger partial charge in [0.1, 0.15) is 5.82 Å². The second kappa shape index (κ2) is 8.12. The molecule has 4 nitrogen and oxygen atoms in total. The molecular weight excluding hydrogens is 313 g/mol. The summed E-state index contributed by atoms with van der Waals surface area (Å²) in [7, 11) is -3.36. The predicted octanol–water partition coefficient (Wildman–Crippen LogP) is 2.16. The van der Waals surface area contributed by atoms with Crippen LogP contribution in [-0.2, 0) is 20.5 Å². The highest BCUT2D eigenvalue weighted by atomic mass is 32.2. The van der Waals surface area contributed by atoms with Gasteiger partial charge in [-0.05, 0) is 30.5 Å². The number of rotatable bonds is 7. The fraction of sp³-hybridized carbons (Fsp3) is 0.571. The van der Waals surface area contributed by atoms with Crippen molar-refractivity contribution in [2.24, 2.45) is 0 Å². The number of thioether (sulfide) groups is 1. The highest BCUT2D eigenvalue weighted by Gasteiger charge is 2.15. The van der Waals surface area contributed by atoms with Crippen LogP contribution in [0.1, 0.15) is 18.4 Å². The average molecular weight is 333 g/mol. The first-order valence-electron chi connectivity index (χ1n) is 6.96. The summed E-state index contributed by atoms with van der Waals surface area (Å²) in [5, 5.41) is 0.570. The topological polar surface area (TPSA) is 55.4 Å². The Kier molecular flexibility index (Phi) is 6.47. The maximum absolute atomic E-state index is 12.8. The zero-order valence-electron chi connectivity index (χ0n) is 11.8. The number of benzene rings is 1. The molecule has 1 N–H and O–H groups in total. The molecule has 118 valence electrons. The first-order chi connectivity index (χ1) is 10.1. The summed E-state index contributed by atoms with van der Waals surface area (Å²) >= 11 is 1.79. The van der Waals surface area contributed by atoms with Crippen molar-refractivity contribution in [1.29, 1.82) is 0 Å². The van der Waals surface area contributed by atoms with E-state index in [1.165, 1.54) is 24.3 Å². The van der Waals surface area contributed by atoms with E-state index < -0.39 is 10.0 Å². The van der Waals surface area contributed by atoms with Crippen LogP contribution in [0.25, 0.3) is 0 Å². The molecule has 1 saturated heterocycles. The van der Waals surface area contributed by atoms with Gasteiger partial charge in [0.15, 0.2) is 0 Å². The minimum Gasteiger partial charge on any atom is -0.381 e. The molecule has 0 unspecified atom stereocenters. The average Bonchev–Trinajstić information content (AvgIpc) is 2.47. The van der Waals surface area contributed by atoms with Gasteiger partial charge in [-0.2, -0.15) is 11.8 Å². The van der Waals surface area contributed by atoms with Gasteiger partial charge in [0.2, 0.25) is 10.0 Å². The van der Waals surface area contributed by atoms with Crippen LogP contribution in [0, 0.1) is 5.82 Å². The van der Waals surface area contributed by atoms with E-state index in [-0.39, 0.29) is 11.6 Å². The van der Waals surface area contributed by atoms with Crippen LogP contribution in [0.15, 0.2) is 24.3 Å². The molecule has 21 heavy (non-hydrogen) atoms. The second-order valence-electron chi connectivity index (χ2n) is 4.96. The van der Waals surface area contributed by atoms with Gasteiger partial charge in [-0.15, -0.1) is 0 Å². The van der Waals surface area contributed by atoms with Crippen LogP contribution < -0.4 is 4.72 Å². The maximum Gasteiger partial charge on any atom is 0.215 e. The van der Waals surface area contributed by atoms with Crippen molar-refractivity contribution in [2.75, 3.05) is 25.5 Å². The van der Waals surface area contributed by atoms with Gasteiger partial charge in [0.25, 0.3) is 0 Å². The molecule has 0 radical (unpaired) electrons. The Morgan fingerprint density at radius 1 is 1.24 bits per heavy atom. The van der Waals surface area contributed by atoms with E-state index in [0.717, 1.165) is 31.8 Å². The second-order valence-corrected chi connectivity index (χ2v) is 8.18. The molecule has 2 rings (SSSR count). The summed E-state index contributed by atoms with van der Waals surface area (Å²) in [6.07, 6.45) is 2.07. The lowest BCUT2D eigenvalue weighted by Crippen LogP contribution is -2.28. The van der Waals surface area contributed by atoms with Crippen molar-refractivity contribution in [2.45, 2.75) is 23.8 Å². The maximum atomic E-state index is 12.8. The number of hydrogen-bond acceptors (Lipinski definition) is 4. The number of hydrogen-bond donors (Lipinski definition) is 1. The van der Waals surface area contributed by atoms with Crippen LogP contribution in [0.5, 0.6) is 0 Å². The molecule has 0 amide bonds. The van der Waals surface area contributed by atoms with Crippen molar-refractivity contribution in [3.05, 3.63) is 35.6 Å². The van der Waals surface area contributed by atoms with Crippen LogP contribution >= 0.6 is 11.8 Å². The lowest BCUT2D eigenvalue weighted by molar-refractivity contribution is 0.100. The molecular formula is C14H20FNO3S2. The van der Waals surface area contributed by atoms with Crippen molar-refractivity contribution >= 4 is 21.8 Å². The summed E-state index contributed by atoms with van der Waals surface area (Å²) in [5.41, 5.74) is 0.584. The summed E-state index contributed by atoms with van der Waals surface area (Å²) in [6, 6.07) is 5.52. The van der Waals surface area contributed by atoms with Crippen LogP contribution in [0.2, 0.25) is 0 Å². The molecule has 1 aromatic rings. The number of ether oxygens (including phenoxy) is 1. The molecule has 1 aliphatic rings. The zero-order valence-corrected chi connectivity index (χ0v) is 13.4. The predicted molar refractivity (Wildman–Crippen MR) is 83.3 cm³/mol. The monoisotopic (exact) mass is 333 g/mol. The third-order valence-electron chi connectivity index (χ3n) is 3.22. The Labute approximate surface area is 129 Å². The fourth-order valence-corrected chi connectivity index (χ4v) is 4.47. The molecule has 1 aliphatic heterocycles. The number of halogens is 1. The molecule has 0 aromatic heterocycles. The van der Waals surface area contributed by atoms with E-state index in [0.29, 0.717) is 17.4 Å². The van der Waals surface area contributed by atoms with Crippen molar-refractivity contribution < 1.29 is 17.5 Å². The van der Waals surface area contributed by atoms with E-state index in [9.17, 15) is 12.8 Å².